The van der Waals surface area contributed by atoms with Gasteiger partial charge in [0.2, 0.25) is 0 Å². The zero-order valence-corrected chi connectivity index (χ0v) is 52.6. The second-order valence-corrected chi connectivity index (χ2v) is 35.0. The minimum absolute atomic E-state index is 0.00835. The Morgan fingerprint density at radius 1 is 0.429 bits per heavy atom. The number of carbonyl (C=O) groups excluding carboxylic acids is 6. The Kier molecular flexibility index (Phi) is 15.7. The maximum atomic E-state index is 13.5. The van der Waals surface area contributed by atoms with Gasteiger partial charge in [0.15, 0.2) is 13.6 Å². The highest BCUT2D eigenvalue weighted by Gasteiger charge is 2.64. The lowest BCUT2D eigenvalue weighted by Crippen LogP contribution is -2.57. The van der Waals surface area contributed by atoms with Crippen molar-refractivity contribution in [3.63, 3.8) is 0 Å². The fourth-order valence-electron chi connectivity index (χ4n) is 23.0. The zero-order chi connectivity index (χ0) is 59.0. The summed E-state index contributed by atoms with van der Waals surface area (Å²) in [6.07, 6.45) is 27.2. The van der Waals surface area contributed by atoms with E-state index in [0.717, 1.165) is 87.9 Å². The van der Waals surface area contributed by atoms with E-state index in [9.17, 15) is 28.8 Å². The Hall–Kier alpha value is -3.26. The maximum absolute atomic E-state index is 13.5. The van der Waals surface area contributed by atoms with Crippen LogP contribution >= 0.6 is 0 Å². The second kappa shape index (κ2) is 22.0. The molecule has 9 atom stereocenters. The Bertz CT molecular complexity index is 2440. The molecule has 18 aliphatic carbocycles. The van der Waals surface area contributed by atoms with Crippen LogP contribution in [0.25, 0.3) is 0 Å². The summed E-state index contributed by atoms with van der Waals surface area (Å²) in [6, 6.07) is 0. The number of ether oxygens (including phenoxy) is 8. The van der Waals surface area contributed by atoms with Crippen LogP contribution in [0.1, 0.15) is 210 Å². The minimum Gasteiger partial charge on any atom is -0.465 e. The molecule has 1 saturated heterocycles. The highest BCUT2D eigenvalue weighted by atomic mass is 16.7. The smallest absolute Gasteiger partial charge is 0.314 e. The third-order valence-corrected chi connectivity index (χ3v) is 25.5. The van der Waals surface area contributed by atoms with E-state index in [1.807, 2.05) is 62.3 Å². The van der Waals surface area contributed by atoms with Crippen molar-refractivity contribution in [1.82, 2.24) is 0 Å². The molecule has 14 heteroatoms. The van der Waals surface area contributed by atoms with Gasteiger partial charge in [-0.25, -0.2) is 0 Å². The first-order valence-electron chi connectivity index (χ1n) is 34.0. The van der Waals surface area contributed by atoms with Crippen LogP contribution in [0.2, 0.25) is 0 Å². The van der Waals surface area contributed by atoms with Crippen molar-refractivity contribution in [2.75, 3.05) is 33.4 Å². The molecule has 19 fully saturated rings. The molecule has 18 saturated carbocycles. The summed E-state index contributed by atoms with van der Waals surface area (Å²) in [6.45, 7) is 18.6. The number of fused-ring (bicyclic) bond motifs is 1. The second-order valence-electron chi connectivity index (χ2n) is 35.0. The molecule has 0 aromatic heterocycles. The van der Waals surface area contributed by atoms with Crippen LogP contribution in [0.4, 0.5) is 0 Å². The van der Waals surface area contributed by atoms with Gasteiger partial charge in [0.05, 0.1) is 65.0 Å². The average Bonchev–Trinajstić information content (AvgIpc) is 0.934. The first kappa shape index (κ1) is 59.7. The Labute approximate surface area is 501 Å². The molecule has 1 aliphatic heterocycles. The highest BCUT2D eigenvalue weighted by molar-refractivity contribution is 5.79. The fraction of sp³-hybridized carbons (Fsp3) is 0.914. The van der Waals surface area contributed by atoms with Gasteiger partial charge in [-0.2, -0.15) is 0 Å². The van der Waals surface area contributed by atoms with Gasteiger partial charge in [0, 0.05) is 17.3 Å². The largest absolute Gasteiger partial charge is 0.465 e. The third kappa shape index (κ3) is 11.5. The normalized spacial score (nSPS) is 45.8. The summed E-state index contributed by atoms with van der Waals surface area (Å²) in [7, 11) is 0. The number of hydrogen-bond donors (Lipinski definition) is 0. The zero-order valence-electron chi connectivity index (χ0n) is 52.6. The molecule has 0 amide bonds. The molecule has 468 valence electrons. The summed E-state index contributed by atoms with van der Waals surface area (Å²) >= 11 is 0. The van der Waals surface area contributed by atoms with Crippen molar-refractivity contribution in [2.24, 2.45) is 139 Å². The molecular formula is C70H104O14. The lowest BCUT2D eigenvalue weighted by atomic mass is 9.44. The van der Waals surface area contributed by atoms with Crippen LogP contribution in [0.15, 0.2) is 0 Å². The molecule has 0 aromatic rings. The van der Waals surface area contributed by atoms with Gasteiger partial charge >= 0.3 is 35.8 Å². The van der Waals surface area contributed by atoms with E-state index >= 15 is 0 Å². The Morgan fingerprint density at radius 3 is 1.32 bits per heavy atom. The van der Waals surface area contributed by atoms with E-state index in [4.69, 9.17) is 37.9 Å². The van der Waals surface area contributed by atoms with E-state index in [-0.39, 0.29) is 78.2 Å². The van der Waals surface area contributed by atoms with Gasteiger partial charge in [-0.15, -0.1) is 0 Å². The molecule has 1 heterocycles. The van der Waals surface area contributed by atoms with Crippen LogP contribution in [-0.4, -0.2) is 87.5 Å². The standard InChI is InChI=1S/2C28H42O5.C14H20O4/c1-26(2,3)24(29)31-15-27-10-19-5-20(11-27)13-28(12-19,14-27)25(30)33-16-32-23-21-6-17-4-18(8-21)9-22(23)7-17;1-27(2,3)25(29)31-14-23-21-9-18-10-22(23)13-28(11-18,12-21)26(30)33-15-32-24-19-5-16-4-17(7-19)8-20(24)6-16;1-14(2,3)13(16)17-6-10-7-4-8-9(5-7)12(15)18-11(8)10/h17-23H,4-16H2,1-3H3;16-24H,4-15H2,1-3H3;7-11H,4-6H2,1-3H3. The van der Waals surface area contributed by atoms with Crippen molar-refractivity contribution in [2.45, 2.75) is 228 Å². The van der Waals surface area contributed by atoms with Crippen molar-refractivity contribution < 1.29 is 66.7 Å². The van der Waals surface area contributed by atoms with Gasteiger partial charge in [0.25, 0.3) is 0 Å². The van der Waals surface area contributed by atoms with Gasteiger partial charge in [-0.3, -0.25) is 28.8 Å². The minimum atomic E-state index is -0.492. The van der Waals surface area contributed by atoms with Crippen LogP contribution in [0, 0.1) is 139 Å². The first-order valence-corrected chi connectivity index (χ1v) is 34.0. The molecule has 0 N–H and O–H groups in total. The molecule has 0 spiro atoms. The van der Waals surface area contributed by atoms with E-state index in [1.165, 1.54) is 83.5 Å². The predicted molar refractivity (Wildman–Crippen MR) is 309 cm³/mol. The number of carbonyl (C=O) groups is 6. The summed E-state index contributed by atoms with van der Waals surface area (Å²) < 4.78 is 46.7. The van der Waals surface area contributed by atoms with Gasteiger partial charge < -0.3 is 37.9 Å². The summed E-state index contributed by atoms with van der Waals surface area (Å²) in [5.41, 5.74) is -2.19. The van der Waals surface area contributed by atoms with Crippen molar-refractivity contribution >= 4 is 35.8 Å². The van der Waals surface area contributed by atoms with Gasteiger partial charge in [-0.1, -0.05) is 0 Å². The van der Waals surface area contributed by atoms with Crippen LogP contribution in [0.3, 0.4) is 0 Å². The number of hydrogen-bond acceptors (Lipinski definition) is 14. The monoisotopic (exact) mass is 1170 g/mol. The molecular weight excluding hydrogens is 1060 g/mol. The SMILES string of the molecule is CC(C)(C)C(=O)OCC12CC3CC(C1)CC(C(=O)OCOC1C4CC5CC(C4)CC1C5)(C3)C2.CC(C)(C)C(=O)OCC1C2CC3C(=O)OC1C3C2.CC(C)(C)C(=O)OCC1C2CC3CC1CC(C(=O)OCOC1C4CC5CC(C4)CC1C5)(C3)C2. The predicted octanol–water partition coefficient (Wildman–Crippen LogP) is 12.6. The van der Waals surface area contributed by atoms with Gasteiger partial charge in [-0.05, 0) is 299 Å². The van der Waals surface area contributed by atoms with Crippen molar-refractivity contribution in [1.29, 1.82) is 0 Å². The third-order valence-electron chi connectivity index (χ3n) is 25.5. The molecule has 19 aliphatic rings. The fourth-order valence-corrected chi connectivity index (χ4v) is 23.0. The molecule has 14 nitrogen and oxygen atoms in total. The Morgan fingerprint density at radius 2 is 0.845 bits per heavy atom. The first-order chi connectivity index (χ1) is 39.7. The Balaban J connectivity index is 0.000000123. The average molecular weight is 1170 g/mol. The molecule has 84 heavy (non-hydrogen) atoms. The quantitative estimate of drug-likeness (QED) is 0.0912. The summed E-state index contributed by atoms with van der Waals surface area (Å²) in [5, 5.41) is 0. The molecule has 18 bridgehead atoms. The molecule has 19 rings (SSSR count). The molecule has 0 aromatic carbocycles. The van der Waals surface area contributed by atoms with Crippen LogP contribution in [0.5, 0.6) is 0 Å². The topological polar surface area (TPSA) is 176 Å². The maximum Gasteiger partial charge on any atom is 0.314 e. The van der Waals surface area contributed by atoms with E-state index in [1.54, 1.807) is 0 Å². The van der Waals surface area contributed by atoms with E-state index in [2.05, 4.69) is 0 Å². The van der Waals surface area contributed by atoms with E-state index < -0.39 is 21.7 Å². The van der Waals surface area contributed by atoms with Crippen molar-refractivity contribution in [3.05, 3.63) is 0 Å². The lowest BCUT2D eigenvalue weighted by Gasteiger charge is -2.60. The highest BCUT2D eigenvalue weighted by Crippen LogP contribution is 2.67. The van der Waals surface area contributed by atoms with Gasteiger partial charge in [0.1, 0.15) is 6.10 Å². The molecule has 0 radical (unpaired) electrons. The number of rotatable bonds is 14. The van der Waals surface area contributed by atoms with Crippen LogP contribution in [-0.2, 0) is 66.7 Å². The summed E-state index contributed by atoms with van der Waals surface area (Å²) in [4.78, 5) is 74.9. The van der Waals surface area contributed by atoms with Crippen LogP contribution < -0.4 is 0 Å². The number of esters is 6. The summed E-state index contributed by atoms with van der Waals surface area (Å²) in [5.74, 6) is 10.2. The van der Waals surface area contributed by atoms with Crippen molar-refractivity contribution in [3.8, 4) is 0 Å². The molecule has 9 unspecified atom stereocenters. The lowest BCUT2D eigenvalue weighted by molar-refractivity contribution is -0.211. The van der Waals surface area contributed by atoms with E-state index in [0.29, 0.717) is 103 Å².